The molecule has 1 aliphatic rings. The average molecular weight is 312 g/mol. The number of H-pyrrole nitrogens is 1. The highest BCUT2D eigenvalue weighted by Gasteiger charge is 2.28. The van der Waals surface area contributed by atoms with Crippen LogP contribution in [0.5, 0.6) is 0 Å². The quantitative estimate of drug-likeness (QED) is 0.809. The number of pyridine rings is 1. The molecule has 2 aromatic rings. The summed E-state index contributed by atoms with van der Waals surface area (Å²) in [4.78, 5) is 15.8. The molecule has 20 heavy (non-hydrogen) atoms. The zero-order chi connectivity index (χ0) is 14.1. The third-order valence-electron chi connectivity index (χ3n) is 2.97. The first kappa shape index (κ1) is 13.2. The molecule has 1 aliphatic carbocycles. The number of hydrogen-bond donors (Lipinski definition) is 3. The van der Waals surface area contributed by atoms with Crippen LogP contribution in [0.15, 0.2) is 18.5 Å². The van der Waals surface area contributed by atoms with Crippen LogP contribution in [0, 0.1) is 0 Å². The number of rotatable bonds is 3. The van der Waals surface area contributed by atoms with E-state index >= 15 is 0 Å². The summed E-state index contributed by atoms with van der Waals surface area (Å²) >= 11 is 11.6. The first-order valence-corrected chi connectivity index (χ1v) is 6.81. The molecule has 2 aromatic heterocycles. The number of urea groups is 1. The fourth-order valence-corrected chi connectivity index (χ4v) is 2.10. The van der Waals surface area contributed by atoms with E-state index in [9.17, 15) is 4.79 Å². The molecule has 2 heterocycles. The van der Waals surface area contributed by atoms with Gasteiger partial charge in [0.25, 0.3) is 0 Å². The van der Waals surface area contributed by atoms with Gasteiger partial charge in [-0.1, -0.05) is 23.2 Å². The second-order valence-corrected chi connectivity index (χ2v) is 5.35. The van der Waals surface area contributed by atoms with Crippen molar-refractivity contribution in [3.8, 4) is 0 Å². The minimum atomic E-state index is -0.415. The minimum Gasteiger partial charge on any atom is -0.292 e. The van der Waals surface area contributed by atoms with Crippen molar-refractivity contribution >= 4 is 40.9 Å². The summed E-state index contributed by atoms with van der Waals surface area (Å²) in [6.45, 7) is 0. The molecule has 104 valence electrons. The van der Waals surface area contributed by atoms with Crippen LogP contribution in [0.2, 0.25) is 10.0 Å². The highest BCUT2D eigenvalue weighted by molar-refractivity contribution is 6.42. The van der Waals surface area contributed by atoms with Gasteiger partial charge in [-0.15, -0.1) is 0 Å². The topological polar surface area (TPSA) is 82.7 Å². The summed E-state index contributed by atoms with van der Waals surface area (Å²) in [5.41, 5.74) is 1.03. The lowest BCUT2D eigenvalue weighted by molar-refractivity contribution is 0.262. The Hall–Kier alpha value is -1.79. The van der Waals surface area contributed by atoms with Gasteiger partial charge in [0, 0.05) is 17.8 Å². The van der Waals surface area contributed by atoms with Gasteiger partial charge >= 0.3 is 6.03 Å². The number of carbonyl (C=O) groups excluding carboxylic acids is 1. The molecule has 0 saturated heterocycles. The molecule has 3 N–H and O–H groups in total. The number of nitrogens with one attached hydrogen (secondary N) is 3. The normalized spacial score (nSPS) is 14.1. The second-order valence-electron chi connectivity index (χ2n) is 4.54. The van der Waals surface area contributed by atoms with Gasteiger partial charge < -0.3 is 0 Å². The van der Waals surface area contributed by atoms with Gasteiger partial charge in [-0.05, 0) is 18.8 Å². The van der Waals surface area contributed by atoms with E-state index in [4.69, 9.17) is 23.2 Å². The number of amides is 2. The molecule has 3 rings (SSSR count). The van der Waals surface area contributed by atoms with E-state index in [-0.39, 0.29) is 0 Å². The molecule has 0 spiro atoms. The van der Waals surface area contributed by atoms with Crippen molar-refractivity contribution < 1.29 is 4.79 Å². The lowest BCUT2D eigenvalue weighted by Gasteiger charge is -2.07. The second kappa shape index (κ2) is 5.30. The van der Waals surface area contributed by atoms with Gasteiger partial charge in [0.1, 0.15) is 11.6 Å². The molecule has 1 saturated carbocycles. The first-order chi connectivity index (χ1) is 9.63. The zero-order valence-corrected chi connectivity index (χ0v) is 11.8. The minimum absolute atomic E-state index is 0.324. The van der Waals surface area contributed by atoms with Crippen LogP contribution in [0.4, 0.5) is 16.4 Å². The van der Waals surface area contributed by atoms with Crippen molar-refractivity contribution in [2.75, 3.05) is 10.6 Å². The summed E-state index contributed by atoms with van der Waals surface area (Å²) in [5, 5.41) is 12.7. The summed E-state index contributed by atoms with van der Waals surface area (Å²) in [6.07, 6.45) is 5.38. The van der Waals surface area contributed by atoms with E-state index in [1.54, 1.807) is 6.20 Å². The molecule has 6 nitrogen and oxygen atoms in total. The van der Waals surface area contributed by atoms with Gasteiger partial charge in [0.05, 0.1) is 16.2 Å². The number of nitrogens with zero attached hydrogens (tertiary/aromatic N) is 2. The van der Waals surface area contributed by atoms with E-state index in [1.165, 1.54) is 12.3 Å². The van der Waals surface area contributed by atoms with Gasteiger partial charge in [-0.3, -0.25) is 15.7 Å². The van der Waals surface area contributed by atoms with Crippen molar-refractivity contribution in [1.82, 2.24) is 15.2 Å². The van der Waals surface area contributed by atoms with Crippen LogP contribution in [0.1, 0.15) is 24.3 Å². The molecule has 0 bridgehead atoms. The SMILES string of the molecule is O=C(Nc1cc(Cl)c(Cl)cn1)Nc1[nH]ncc1C1CC1. The third kappa shape index (κ3) is 2.86. The van der Waals surface area contributed by atoms with E-state index in [2.05, 4.69) is 25.8 Å². The van der Waals surface area contributed by atoms with Crippen molar-refractivity contribution in [3.63, 3.8) is 0 Å². The lowest BCUT2D eigenvalue weighted by Crippen LogP contribution is -2.21. The Labute approximate surface area is 124 Å². The molecule has 0 aromatic carbocycles. The molecular formula is C12H11Cl2N5O. The van der Waals surface area contributed by atoms with Crippen LogP contribution in [-0.4, -0.2) is 21.2 Å². The van der Waals surface area contributed by atoms with Crippen LogP contribution < -0.4 is 10.6 Å². The number of halogens is 2. The maximum Gasteiger partial charge on any atom is 0.326 e. The van der Waals surface area contributed by atoms with Crippen molar-refractivity contribution in [1.29, 1.82) is 0 Å². The number of aromatic nitrogens is 3. The van der Waals surface area contributed by atoms with Crippen molar-refractivity contribution in [2.24, 2.45) is 0 Å². The fraction of sp³-hybridized carbons (Fsp3) is 0.250. The number of anilines is 2. The Morgan fingerprint density at radius 1 is 1.25 bits per heavy atom. The lowest BCUT2D eigenvalue weighted by atomic mass is 10.2. The third-order valence-corrected chi connectivity index (χ3v) is 3.69. The molecular weight excluding hydrogens is 301 g/mol. The van der Waals surface area contributed by atoms with Gasteiger partial charge in [-0.2, -0.15) is 5.10 Å². The molecule has 2 amide bonds. The van der Waals surface area contributed by atoms with Crippen LogP contribution >= 0.6 is 23.2 Å². The Kier molecular flexibility index (Phi) is 3.50. The van der Waals surface area contributed by atoms with Crippen molar-refractivity contribution in [3.05, 3.63) is 34.1 Å². The summed E-state index contributed by atoms with van der Waals surface area (Å²) in [5.74, 6) is 1.43. The predicted molar refractivity (Wildman–Crippen MR) is 77.5 cm³/mol. The Morgan fingerprint density at radius 3 is 2.75 bits per heavy atom. The Morgan fingerprint density at radius 2 is 2.05 bits per heavy atom. The Bertz CT molecular complexity index is 653. The smallest absolute Gasteiger partial charge is 0.292 e. The average Bonchev–Trinajstić information content (AvgIpc) is 3.15. The largest absolute Gasteiger partial charge is 0.326 e. The van der Waals surface area contributed by atoms with Gasteiger partial charge in [0.15, 0.2) is 0 Å². The van der Waals surface area contributed by atoms with Crippen LogP contribution in [0.3, 0.4) is 0 Å². The van der Waals surface area contributed by atoms with E-state index in [1.807, 2.05) is 0 Å². The molecule has 0 aliphatic heterocycles. The summed E-state index contributed by atoms with van der Waals surface area (Å²) < 4.78 is 0. The van der Waals surface area contributed by atoms with E-state index < -0.39 is 6.03 Å². The summed E-state index contributed by atoms with van der Waals surface area (Å²) in [6, 6.07) is 1.07. The van der Waals surface area contributed by atoms with Gasteiger partial charge in [0.2, 0.25) is 0 Å². The fourth-order valence-electron chi connectivity index (χ4n) is 1.84. The number of aromatic amines is 1. The highest BCUT2D eigenvalue weighted by Crippen LogP contribution is 2.42. The molecule has 8 heteroatoms. The molecule has 0 unspecified atom stereocenters. The number of hydrogen-bond acceptors (Lipinski definition) is 3. The van der Waals surface area contributed by atoms with Gasteiger partial charge in [-0.25, -0.2) is 9.78 Å². The van der Waals surface area contributed by atoms with E-state index in [0.717, 1.165) is 18.4 Å². The predicted octanol–water partition coefficient (Wildman–Crippen LogP) is 3.63. The zero-order valence-electron chi connectivity index (χ0n) is 10.3. The standard InChI is InChI=1S/C12H11Cl2N5O/c13-8-3-10(15-5-9(8)14)17-12(20)18-11-7(4-16-19-11)6-1-2-6/h3-6H,1-2H2,(H3,15,16,17,18,19,20). The van der Waals surface area contributed by atoms with Crippen molar-refractivity contribution in [2.45, 2.75) is 18.8 Å². The van der Waals surface area contributed by atoms with Crippen LogP contribution in [-0.2, 0) is 0 Å². The highest BCUT2D eigenvalue weighted by atomic mass is 35.5. The number of carbonyl (C=O) groups is 1. The molecule has 1 fully saturated rings. The van der Waals surface area contributed by atoms with E-state index in [0.29, 0.717) is 27.6 Å². The maximum atomic E-state index is 11.9. The molecule has 0 atom stereocenters. The molecule has 0 radical (unpaired) electrons. The Balaban J connectivity index is 1.67. The monoisotopic (exact) mass is 311 g/mol. The van der Waals surface area contributed by atoms with Crippen LogP contribution in [0.25, 0.3) is 0 Å². The summed E-state index contributed by atoms with van der Waals surface area (Å²) in [7, 11) is 0. The first-order valence-electron chi connectivity index (χ1n) is 6.06. The maximum absolute atomic E-state index is 11.9.